The SMILES string of the molecule is CC(CNC(=O)c1cc(N)ccn1)CN1CCCC1. The van der Waals surface area contributed by atoms with Gasteiger partial charge in [-0.1, -0.05) is 6.92 Å². The molecule has 1 aliphatic heterocycles. The Morgan fingerprint density at radius 2 is 2.26 bits per heavy atom. The predicted molar refractivity (Wildman–Crippen MR) is 75.8 cm³/mol. The first-order chi connectivity index (χ1) is 9.15. The van der Waals surface area contributed by atoms with Crippen LogP contribution in [-0.4, -0.2) is 42.0 Å². The maximum Gasteiger partial charge on any atom is 0.269 e. The summed E-state index contributed by atoms with van der Waals surface area (Å²) in [4.78, 5) is 18.4. The molecule has 5 nitrogen and oxygen atoms in total. The van der Waals surface area contributed by atoms with Crippen molar-refractivity contribution in [3.05, 3.63) is 24.0 Å². The molecule has 0 bridgehead atoms. The second-order valence-corrected chi connectivity index (χ2v) is 5.30. The van der Waals surface area contributed by atoms with Gasteiger partial charge in [0.05, 0.1) is 0 Å². The Morgan fingerprint density at radius 1 is 1.53 bits per heavy atom. The number of hydrogen-bond donors (Lipinski definition) is 2. The largest absolute Gasteiger partial charge is 0.399 e. The van der Waals surface area contributed by atoms with Gasteiger partial charge < -0.3 is 16.0 Å². The number of amides is 1. The summed E-state index contributed by atoms with van der Waals surface area (Å²) in [6, 6.07) is 3.27. The van der Waals surface area contributed by atoms with Gasteiger partial charge in [0.25, 0.3) is 5.91 Å². The number of nitrogen functional groups attached to an aromatic ring is 1. The van der Waals surface area contributed by atoms with Crippen LogP contribution in [0.4, 0.5) is 5.69 Å². The molecule has 0 aromatic carbocycles. The minimum atomic E-state index is -0.152. The number of carbonyl (C=O) groups excluding carboxylic acids is 1. The van der Waals surface area contributed by atoms with E-state index in [9.17, 15) is 4.79 Å². The van der Waals surface area contributed by atoms with Crippen molar-refractivity contribution in [1.82, 2.24) is 15.2 Å². The molecule has 1 amide bonds. The third-order valence-corrected chi connectivity index (χ3v) is 3.40. The lowest BCUT2D eigenvalue weighted by Crippen LogP contribution is -2.34. The zero-order valence-corrected chi connectivity index (χ0v) is 11.4. The van der Waals surface area contributed by atoms with Gasteiger partial charge in [-0.05, 0) is 44.0 Å². The monoisotopic (exact) mass is 262 g/mol. The molecule has 3 N–H and O–H groups in total. The summed E-state index contributed by atoms with van der Waals surface area (Å²) >= 11 is 0. The van der Waals surface area contributed by atoms with Crippen molar-refractivity contribution in [3.63, 3.8) is 0 Å². The Bertz CT molecular complexity index is 429. The number of nitrogens with two attached hydrogens (primary N) is 1. The Balaban J connectivity index is 1.76. The van der Waals surface area contributed by atoms with Crippen LogP contribution in [0.25, 0.3) is 0 Å². The highest BCUT2D eigenvalue weighted by Gasteiger charge is 2.15. The third-order valence-electron chi connectivity index (χ3n) is 3.40. The Labute approximate surface area is 114 Å². The second-order valence-electron chi connectivity index (χ2n) is 5.30. The fraction of sp³-hybridized carbons (Fsp3) is 0.571. The Kier molecular flexibility index (Phi) is 4.74. The van der Waals surface area contributed by atoms with Crippen molar-refractivity contribution in [3.8, 4) is 0 Å². The van der Waals surface area contributed by atoms with Crippen LogP contribution in [-0.2, 0) is 0 Å². The van der Waals surface area contributed by atoms with E-state index < -0.39 is 0 Å². The number of anilines is 1. The molecule has 5 heteroatoms. The van der Waals surface area contributed by atoms with Gasteiger partial charge in [-0.15, -0.1) is 0 Å². The molecule has 1 aliphatic rings. The molecule has 1 atom stereocenters. The molecule has 0 aliphatic carbocycles. The lowest BCUT2D eigenvalue weighted by atomic mass is 10.1. The summed E-state index contributed by atoms with van der Waals surface area (Å²) in [5.74, 6) is 0.295. The van der Waals surface area contributed by atoms with E-state index in [-0.39, 0.29) is 5.91 Å². The van der Waals surface area contributed by atoms with Crippen molar-refractivity contribution in [1.29, 1.82) is 0 Å². The van der Waals surface area contributed by atoms with Crippen LogP contribution in [0, 0.1) is 5.92 Å². The summed E-state index contributed by atoms with van der Waals surface area (Å²) in [6.45, 7) is 6.26. The summed E-state index contributed by atoms with van der Waals surface area (Å²) < 4.78 is 0. The van der Waals surface area contributed by atoms with E-state index in [2.05, 4.69) is 22.1 Å². The number of nitrogens with zero attached hydrogens (tertiary/aromatic N) is 2. The minimum absolute atomic E-state index is 0.152. The van der Waals surface area contributed by atoms with Crippen LogP contribution >= 0.6 is 0 Å². The summed E-state index contributed by atoms with van der Waals surface area (Å²) in [5, 5.41) is 2.92. The normalized spacial score (nSPS) is 17.3. The number of nitrogens with one attached hydrogen (secondary N) is 1. The molecular formula is C14H22N4O. The number of hydrogen-bond acceptors (Lipinski definition) is 4. The lowest BCUT2D eigenvalue weighted by molar-refractivity contribution is 0.0940. The second kappa shape index (κ2) is 6.52. The fourth-order valence-electron chi connectivity index (χ4n) is 2.40. The van der Waals surface area contributed by atoms with Crippen LogP contribution in [0.2, 0.25) is 0 Å². The molecule has 1 fully saturated rings. The number of rotatable bonds is 5. The average molecular weight is 262 g/mol. The van der Waals surface area contributed by atoms with Crippen molar-refractivity contribution >= 4 is 11.6 Å². The van der Waals surface area contributed by atoms with Gasteiger partial charge in [0, 0.05) is 25.0 Å². The van der Waals surface area contributed by atoms with Gasteiger partial charge in [0.2, 0.25) is 0 Å². The first-order valence-electron chi connectivity index (χ1n) is 6.87. The molecule has 1 aromatic rings. The Hall–Kier alpha value is -1.62. The van der Waals surface area contributed by atoms with Gasteiger partial charge in [-0.25, -0.2) is 0 Å². The van der Waals surface area contributed by atoms with Gasteiger partial charge in [0.1, 0.15) is 5.69 Å². The van der Waals surface area contributed by atoms with Crippen LogP contribution < -0.4 is 11.1 Å². The maximum atomic E-state index is 11.9. The van der Waals surface area contributed by atoms with E-state index in [4.69, 9.17) is 5.73 Å². The molecule has 19 heavy (non-hydrogen) atoms. The lowest BCUT2D eigenvalue weighted by Gasteiger charge is -2.20. The van der Waals surface area contributed by atoms with E-state index in [0.29, 0.717) is 23.8 Å². The van der Waals surface area contributed by atoms with Gasteiger partial charge in [-0.3, -0.25) is 9.78 Å². The molecule has 2 heterocycles. The molecule has 1 unspecified atom stereocenters. The summed E-state index contributed by atoms with van der Waals surface area (Å²) in [7, 11) is 0. The first-order valence-corrected chi connectivity index (χ1v) is 6.87. The molecular weight excluding hydrogens is 240 g/mol. The number of likely N-dealkylation sites (tertiary alicyclic amines) is 1. The molecule has 0 spiro atoms. The average Bonchev–Trinajstić information content (AvgIpc) is 2.88. The van der Waals surface area contributed by atoms with E-state index in [1.807, 2.05) is 0 Å². The maximum absolute atomic E-state index is 11.9. The van der Waals surface area contributed by atoms with E-state index in [0.717, 1.165) is 6.54 Å². The summed E-state index contributed by atoms with van der Waals surface area (Å²) in [5.41, 5.74) is 6.58. The molecule has 1 aromatic heterocycles. The van der Waals surface area contributed by atoms with E-state index >= 15 is 0 Å². The van der Waals surface area contributed by atoms with Crippen LogP contribution in [0.15, 0.2) is 18.3 Å². The van der Waals surface area contributed by atoms with Crippen LogP contribution in [0.5, 0.6) is 0 Å². The van der Waals surface area contributed by atoms with Crippen LogP contribution in [0.3, 0.4) is 0 Å². The topological polar surface area (TPSA) is 71.2 Å². The molecule has 2 rings (SSSR count). The van der Waals surface area contributed by atoms with Crippen molar-refractivity contribution < 1.29 is 4.79 Å². The zero-order chi connectivity index (χ0) is 13.7. The number of carbonyl (C=O) groups is 1. The summed E-state index contributed by atoms with van der Waals surface area (Å²) in [6.07, 6.45) is 4.15. The third kappa shape index (κ3) is 4.21. The first kappa shape index (κ1) is 13.8. The molecule has 104 valence electrons. The zero-order valence-electron chi connectivity index (χ0n) is 11.4. The predicted octanol–water partition coefficient (Wildman–Crippen LogP) is 1.13. The van der Waals surface area contributed by atoms with Gasteiger partial charge in [-0.2, -0.15) is 0 Å². The van der Waals surface area contributed by atoms with Crippen LogP contribution in [0.1, 0.15) is 30.3 Å². The smallest absolute Gasteiger partial charge is 0.269 e. The van der Waals surface area contributed by atoms with E-state index in [1.54, 1.807) is 18.3 Å². The van der Waals surface area contributed by atoms with Crippen molar-refractivity contribution in [2.45, 2.75) is 19.8 Å². The minimum Gasteiger partial charge on any atom is -0.399 e. The Morgan fingerprint density at radius 3 is 2.95 bits per heavy atom. The van der Waals surface area contributed by atoms with Crippen molar-refractivity contribution in [2.75, 3.05) is 31.9 Å². The number of aromatic nitrogens is 1. The number of pyridine rings is 1. The quantitative estimate of drug-likeness (QED) is 0.834. The molecule has 1 saturated heterocycles. The van der Waals surface area contributed by atoms with Gasteiger partial charge in [0.15, 0.2) is 0 Å². The standard InChI is InChI=1S/C14H22N4O/c1-11(10-18-6-2-3-7-18)9-17-14(19)13-8-12(15)4-5-16-13/h4-5,8,11H,2-3,6-7,9-10H2,1H3,(H2,15,16)(H,17,19). The van der Waals surface area contributed by atoms with E-state index in [1.165, 1.54) is 25.9 Å². The highest BCUT2D eigenvalue weighted by molar-refractivity contribution is 5.92. The molecule has 0 radical (unpaired) electrons. The van der Waals surface area contributed by atoms with Crippen molar-refractivity contribution in [2.24, 2.45) is 5.92 Å². The fourth-order valence-corrected chi connectivity index (χ4v) is 2.40. The highest BCUT2D eigenvalue weighted by Crippen LogP contribution is 2.10. The highest BCUT2D eigenvalue weighted by atomic mass is 16.1. The van der Waals surface area contributed by atoms with Gasteiger partial charge >= 0.3 is 0 Å². The molecule has 0 saturated carbocycles.